The highest BCUT2D eigenvalue weighted by atomic mass is 32.1. The van der Waals surface area contributed by atoms with E-state index in [1.807, 2.05) is 35.7 Å². The zero-order chi connectivity index (χ0) is 14.4. The molecule has 6 heteroatoms. The minimum Gasteiger partial charge on any atom is -0.394 e. The van der Waals surface area contributed by atoms with Crippen molar-refractivity contribution in [1.29, 1.82) is 0 Å². The molecule has 0 saturated carbocycles. The number of rotatable bonds is 7. The molecule has 108 valence electrons. The Balaban J connectivity index is 2.03. The molecule has 0 aliphatic rings. The fourth-order valence-corrected chi connectivity index (χ4v) is 2.46. The summed E-state index contributed by atoms with van der Waals surface area (Å²) in [6, 6.07) is 9.86. The molecule has 0 amide bonds. The van der Waals surface area contributed by atoms with E-state index in [0.29, 0.717) is 6.54 Å². The van der Waals surface area contributed by atoms with Gasteiger partial charge in [0.05, 0.1) is 31.1 Å². The standard InChI is InChI=1S/C14H18N2O3S/c17-8-14(9-18,10-19)15-6-13-16-12(7-20-13)11-4-2-1-3-5-11/h1-5,7,15,17-19H,6,8-10H2. The lowest BCUT2D eigenvalue weighted by Crippen LogP contribution is -2.54. The summed E-state index contributed by atoms with van der Waals surface area (Å²) in [6.45, 7) is -0.621. The maximum Gasteiger partial charge on any atom is 0.107 e. The van der Waals surface area contributed by atoms with Crippen LogP contribution in [0.3, 0.4) is 0 Å². The molecule has 0 aliphatic heterocycles. The molecule has 1 aromatic carbocycles. The van der Waals surface area contributed by atoms with Crippen molar-refractivity contribution in [2.24, 2.45) is 0 Å². The summed E-state index contributed by atoms with van der Waals surface area (Å²) >= 11 is 1.50. The largest absolute Gasteiger partial charge is 0.394 e. The van der Waals surface area contributed by atoms with Crippen LogP contribution in [-0.4, -0.2) is 45.7 Å². The molecule has 0 aliphatic carbocycles. The van der Waals surface area contributed by atoms with Gasteiger partial charge in [-0.2, -0.15) is 0 Å². The van der Waals surface area contributed by atoms with Gasteiger partial charge in [-0.05, 0) is 0 Å². The van der Waals surface area contributed by atoms with Crippen molar-refractivity contribution in [2.45, 2.75) is 12.1 Å². The fraction of sp³-hybridized carbons (Fsp3) is 0.357. The van der Waals surface area contributed by atoms with Crippen molar-refractivity contribution in [1.82, 2.24) is 10.3 Å². The second-order valence-electron chi connectivity index (χ2n) is 4.60. The number of thiazole rings is 1. The Morgan fingerprint density at radius 3 is 2.30 bits per heavy atom. The van der Waals surface area contributed by atoms with Gasteiger partial charge in [0.15, 0.2) is 0 Å². The van der Waals surface area contributed by atoms with E-state index in [-0.39, 0.29) is 19.8 Å². The Bertz CT molecular complexity index is 518. The lowest BCUT2D eigenvalue weighted by molar-refractivity contribution is 0.0414. The van der Waals surface area contributed by atoms with Crippen molar-refractivity contribution < 1.29 is 15.3 Å². The van der Waals surface area contributed by atoms with Crippen LogP contribution in [0.1, 0.15) is 5.01 Å². The molecule has 20 heavy (non-hydrogen) atoms. The Kier molecular flexibility index (Phi) is 5.22. The Morgan fingerprint density at radius 1 is 1.05 bits per heavy atom. The summed E-state index contributed by atoms with van der Waals surface area (Å²) in [5.74, 6) is 0. The molecule has 0 fully saturated rings. The maximum absolute atomic E-state index is 9.24. The number of hydrogen-bond acceptors (Lipinski definition) is 6. The number of nitrogens with zero attached hydrogens (tertiary/aromatic N) is 1. The van der Waals surface area contributed by atoms with Crippen LogP contribution in [0.4, 0.5) is 0 Å². The Morgan fingerprint density at radius 2 is 1.70 bits per heavy atom. The summed E-state index contributed by atoms with van der Waals surface area (Å²) in [5, 5.41) is 33.5. The predicted octanol–water partition coefficient (Wildman–Crippen LogP) is 0.615. The Labute approximate surface area is 121 Å². The first kappa shape index (κ1) is 15.1. The van der Waals surface area contributed by atoms with Crippen molar-refractivity contribution in [3.63, 3.8) is 0 Å². The van der Waals surface area contributed by atoms with Crippen LogP contribution >= 0.6 is 11.3 Å². The predicted molar refractivity (Wildman–Crippen MR) is 78.4 cm³/mol. The third kappa shape index (κ3) is 3.41. The molecule has 1 aromatic heterocycles. The summed E-state index contributed by atoms with van der Waals surface area (Å²) in [6.07, 6.45) is 0. The summed E-state index contributed by atoms with van der Waals surface area (Å²) < 4.78 is 0. The third-order valence-electron chi connectivity index (χ3n) is 3.14. The van der Waals surface area contributed by atoms with Crippen molar-refractivity contribution >= 4 is 11.3 Å². The molecular weight excluding hydrogens is 276 g/mol. The van der Waals surface area contributed by atoms with E-state index in [4.69, 9.17) is 0 Å². The van der Waals surface area contributed by atoms with Crippen LogP contribution in [0.5, 0.6) is 0 Å². The van der Waals surface area contributed by atoms with Gasteiger partial charge < -0.3 is 15.3 Å². The van der Waals surface area contributed by atoms with E-state index in [0.717, 1.165) is 16.3 Å². The zero-order valence-electron chi connectivity index (χ0n) is 11.0. The van der Waals surface area contributed by atoms with E-state index in [1.54, 1.807) is 0 Å². The van der Waals surface area contributed by atoms with Crippen LogP contribution < -0.4 is 5.32 Å². The highest BCUT2D eigenvalue weighted by Gasteiger charge is 2.27. The van der Waals surface area contributed by atoms with Crippen molar-refractivity contribution in [3.05, 3.63) is 40.7 Å². The number of nitrogens with one attached hydrogen (secondary N) is 1. The molecule has 2 aromatic rings. The first-order chi connectivity index (χ1) is 9.73. The molecule has 0 radical (unpaired) electrons. The average molecular weight is 294 g/mol. The number of aromatic nitrogens is 1. The van der Waals surface area contributed by atoms with Gasteiger partial charge >= 0.3 is 0 Å². The van der Waals surface area contributed by atoms with Crippen molar-refractivity contribution in [3.8, 4) is 11.3 Å². The van der Waals surface area contributed by atoms with Gasteiger partial charge in [0.2, 0.25) is 0 Å². The van der Waals surface area contributed by atoms with Crippen molar-refractivity contribution in [2.75, 3.05) is 19.8 Å². The number of aliphatic hydroxyl groups excluding tert-OH is 3. The van der Waals surface area contributed by atoms with Gasteiger partial charge in [0.1, 0.15) is 5.01 Å². The smallest absolute Gasteiger partial charge is 0.107 e. The normalized spacial score (nSPS) is 11.8. The molecule has 0 bridgehead atoms. The number of aliphatic hydroxyl groups is 3. The van der Waals surface area contributed by atoms with Gasteiger partial charge in [-0.25, -0.2) is 4.98 Å². The average Bonchev–Trinajstić information content (AvgIpc) is 2.99. The highest BCUT2D eigenvalue weighted by Crippen LogP contribution is 2.21. The molecule has 0 atom stereocenters. The zero-order valence-corrected chi connectivity index (χ0v) is 11.8. The fourth-order valence-electron chi connectivity index (χ4n) is 1.71. The molecule has 4 N–H and O–H groups in total. The first-order valence-electron chi connectivity index (χ1n) is 6.30. The van der Waals surface area contributed by atoms with E-state index in [9.17, 15) is 15.3 Å². The molecule has 1 heterocycles. The van der Waals surface area contributed by atoms with Gasteiger partial charge in [-0.1, -0.05) is 30.3 Å². The topological polar surface area (TPSA) is 85.6 Å². The quantitative estimate of drug-likeness (QED) is 0.601. The van der Waals surface area contributed by atoms with Crippen LogP contribution in [0.2, 0.25) is 0 Å². The first-order valence-corrected chi connectivity index (χ1v) is 7.18. The second-order valence-corrected chi connectivity index (χ2v) is 5.54. The van der Waals surface area contributed by atoms with Gasteiger partial charge in [0, 0.05) is 17.5 Å². The maximum atomic E-state index is 9.24. The minimum absolute atomic E-state index is 0.336. The van der Waals surface area contributed by atoms with E-state index >= 15 is 0 Å². The van der Waals surface area contributed by atoms with Crippen LogP contribution in [0, 0.1) is 0 Å². The van der Waals surface area contributed by atoms with E-state index < -0.39 is 5.54 Å². The van der Waals surface area contributed by atoms with Crippen LogP contribution in [0.15, 0.2) is 35.7 Å². The molecule has 0 unspecified atom stereocenters. The van der Waals surface area contributed by atoms with E-state index in [2.05, 4.69) is 10.3 Å². The summed E-state index contributed by atoms with van der Waals surface area (Å²) in [4.78, 5) is 4.50. The highest BCUT2D eigenvalue weighted by molar-refractivity contribution is 7.09. The second kappa shape index (κ2) is 6.92. The van der Waals surface area contributed by atoms with Gasteiger partial charge in [-0.3, -0.25) is 5.32 Å². The third-order valence-corrected chi connectivity index (χ3v) is 3.99. The Hall–Kier alpha value is -1.31. The van der Waals surface area contributed by atoms with Crippen LogP contribution in [-0.2, 0) is 6.54 Å². The molecule has 5 nitrogen and oxygen atoms in total. The molecule has 2 rings (SSSR count). The monoisotopic (exact) mass is 294 g/mol. The van der Waals surface area contributed by atoms with Gasteiger partial charge in [0.25, 0.3) is 0 Å². The molecule has 0 saturated heterocycles. The summed E-state index contributed by atoms with van der Waals surface area (Å²) in [5.41, 5.74) is 0.876. The lowest BCUT2D eigenvalue weighted by Gasteiger charge is -2.28. The molecule has 0 spiro atoms. The lowest BCUT2D eigenvalue weighted by atomic mass is 10.0. The minimum atomic E-state index is -1.07. The molecular formula is C14H18N2O3S. The SMILES string of the molecule is OCC(CO)(CO)NCc1nc(-c2ccccc2)cs1. The number of hydrogen-bond donors (Lipinski definition) is 4. The van der Waals surface area contributed by atoms with Gasteiger partial charge in [-0.15, -0.1) is 11.3 Å². The summed E-state index contributed by atoms with van der Waals surface area (Å²) in [7, 11) is 0. The van der Waals surface area contributed by atoms with Crippen LogP contribution in [0.25, 0.3) is 11.3 Å². The van der Waals surface area contributed by atoms with E-state index in [1.165, 1.54) is 11.3 Å². The number of benzene rings is 1.